The number of benzene rings is 1. The van der Waals surface area contributed by atoms with Gasteiger partial charge in [0.05, 0.1) is 0 Å². The van der Waals surface area contributed by atoms with Crippen molar-refractivity contribution in [3.63, 3.8) is 0 Å². The number of hydrogen-bond donors (Lipinski definition) is 3. The predicted molar refractivity (Wildman–Crippen MR) is 84.5 cm³/mol. The second-order valence-corrected chi connectivity index (χ2v) is 6.35. The summed E-state index contributed by atoms with van der Waals surface area (Å²) >= 11 is 0. The van der Waals surface area contributed by atoms with Gasteiger partial charge in [-0.05, 0) is 38.6 Å². The van der Waals surface area contributed by atoms with Gasteiger partial charge in [0.25, 0.3) is 0 Å². The first-order valence-corrected chi connectivity index (χ1v) is 8.30. The number of rotatable bonds is 6. The molecule has 0 aliphatic carbocycles. The highest BCUT2D eigenvalue weighted by Gasteiger charge is 2.09. The van der Waals surface area contributed by atoms with E-state index in [0.29, 0.717) is 5.75 Å². The van der Waals surface area contributed by atoms with Gasteiger partial charge in [0.2, 0.25) is 0 Å². The molecule has 0 heterocycles. The van der Waals surface area contributed by atoms with E-state index in [-0.39, 0.29) is 18.1 Å². The van der Waals surface area contributed by atoms with Gasteiger partial charge in [-0.3, -0.25) is 4.21 Å². The van der Waals surface area contributed by atoms with Gasteiger partial charge in [0.1, 0.15) is 0 Å². The van der Waals surface area contributed by atoms with Gasteiger partial charge < -0.3 is 16.0 Å². The van der Waals surface area contributed by atoms with Crippen LogP contribution in [0.15, 0.2) is 24.3 Å². The van der Waals surface area contributed by atoms with Crippen LogP contribution in [0.25, 0.3) is 0 Å². The highest BCUT2D eigenvalue weighted by molar-refractivity contribution is 7.84. The third-order valence-electron chi connectivity index (χ3n) is 2.94. The second kappa shape index (κ2) is 8.01. The number of hydrogen-bond acceptors (Lipinski definition) is 3. The Bertz CT molecular complexity index is 479. The average Bonchev–Trinajstić information content (AvgIpc) is 2.36. The van der Waals surface area contributed by atoms with Gasteiger partial charge in [-0.15, -0.1) is 0 Å². The molecule has 0 spiro atoms. The first kappa shape index (κ1) is 16.7. The third-order valence-corrected chi connectivity index (χ3v) is 3.91. The number of anilines is 1. The van der Waals surface area contributed by atoms with Gasteiger partial charge in [0.15, 0.2) is 0 Å². The summed E-state index contributed by atoms with van der Waals surface area (Å²) in [5.74, 6) is 0.449. The molecule has 3 N–H and O–H groups in total. The van der Waals surface area contributed by atoms with E-state index in [1.54, 1.807) is 6.26 Å². The maximum Gasteiger partial charge on any atom is 0.319 e. The van der Waals surface area contributed by atoms with Crippen molar-refractivity contribution < 1.29 is 9.00 Å². The van der Waals surface area contributed by atoms with E-state index in [1.807, 2.05) is 38.2 Å². The highest BCUT2D eigenvalue weighted by Crippen LogP contribution is 2.16. The van der Waals surface area contributed by atoms with Gasteiger partial charge in [-0.25, -0.2) is 4.79 Å². The smallest absolute Gasteiger partial charge is 0.319 e. The molecule has 0 aromatic heterocycles. The molecular weight excluding hydrogens is 274 g/mol. The third kappa shape index (κ3) is 5.71. The fourth-order valence-electron chi connectivity index (χ4n) is 1.84. The maximum atomic E-state index is 11.8. The van der Waals surface area contributed by atoms with Crippen LogP contribution in [-0.2, 0) is 10.8 Å². The van der Waals surface area contributed by atoms with Gasteiger partial charge in [0, 0.05) is 40.6 Å². The van der Waals surface area contributed by atoms with Crippen LogP contribution in [-0.4, -0.2) is 35.3 Å². The molecule has 0 saturated carbocycles. The van der Waals surface area contributed by atoms with Gasteiger partial charge in [-0.2, -0.15) is 0 Å². The van der Waals surface area contributed by atoms with E-state index in [2.05, 4.69) is 22.9 Å². The number of carbonyl (C=O) groups is 1. The topological polar surface area (TPSA) is 70.2 Å². The summed E-state index contributed by atoms with van der Waals surface area (Å²) < 4.78 is 11.1. The van der Waals surface area contributed by atoms with Crippen molar-refractivity contribution in [3.05, 3.63) is 29.8 Å². The van der Waals surface area contributed by atoms with Crippen LogP contribution in [0.3, 0.4) is 0 Å². The molecule has 0 aliphatic heterocycles. The first-order chi connectivity index (χ1) is 9.42. The van der Waals surface area contributed by atoms with Crippen LogP contribution >= 0.6 is 0 Å². The maximum absolute atomic E-state index is 11.8. The fourth-order valence-corrected chi connectivity index (χ4v) is 2.62. The molecule has 112 valence electrons. The molecule has 0 radical (unpaired) electrons. The number of carbonyl (C=O) groups excluding carboxylic acids is 1. The Morgan fingerprint density at radius 1 is 1.35 bits per heavy atom. The van der Waals surface area contributed by atoms with E-state index in [0.717, 1.165) is 11.3 Å². The van der Waals surface area contributed by atoms with Crippen molar-refractivity contribution in [2.24, 2.45) is 0 Å². The number of nitrogens with one attached hydrogen (secondary N) is 3. The Hall–Kier alpha value is -1.40. The Morgan fingerprint density at radius 2 is 2.05 bits per heavy atom. The lowest BCUT2D eigenvalue weighted by atomic mass is 10.1. The van der Waals surface area contributed by atoms with Crippen LogP contribution in [0, 0.1) is 0 Å². The molecule has 5 nitrogen and oxygen atoms in total. The van der Waals surface area contributed by atoms with Crippen molar-refractivity contribution >= 4 is 22.5 Å². The predicted octanol–water partition coefficient (Wildman–Crippen LogP) is 1.86. The minimum absolute atomic E-state index is 0.125. The second-order valence-electron chi connectivity index (χ2n) is 4.88. The standard InChI is InChI=1S/C14H23N3O2S/c1-10(9-20(4)19)16-14(18)17-13-7-5-6-12(8-13)11(2)15-3/h5-8,10-11,15H,9H2,1-4H3,(H2,16,17,18). The first-order valence-electron chi connectivity index (χ1n) is 6.57. The molecule has 0 fully saturated rings. The summed E-state index contributed by atoms with van der Waals surface area (Å²) in [4.78, 5) is 11.8. The molecule has 1 aromatic rings. The molecule has 1 rings (SSSR count). The van der Waals surface area contributed by atoms with Gasteiger partial charge >= 0.3 is 6.03 Å². The lowest BCUT2D eigenvalue weighted by molar-refractivity contribution is 0.250. The monoisotopic (exact) mass is 297 g/mol. The zero-order valence-corrected chi connectivity index (χ0v) is 13.2. The quantitative estimate of drug-likeness (QED) is 0.750. The summed E-state index contributed by atoms with van der Waals surface area (Å²) in [6, 6.07) is 7.51. The summed E-state index contributed by atoms with van der Waals surface area (Å²) in [6.07, 6.45) is 1.62. The Kier molecular flexibility index (Phi) is 6.67. The zero-order valence-electron chi connectivity index (χ0n) is 12.4. The molecule has 1 aromatic carbocycles. The SMILES string of the molecule is CNC(C)c1cccc(NC(=O)NC(C)CS(C)=O)c1. The van der Waals surface area contributed by atoms with E-state index in [1.165, 1.54) is 0 Å². The molecular formula is C14H23N3O2S. The van der Waals surface area contributed by atoms with Crippen molar-refractivity contribution in [3.8, 4) is 0 Å². The molecule has 0 aliphatic rings. The minimum Gasteiger partial charge on any atom is -0.334 e. The molecule has 2 amide bonds. The number of urea groups is 1. The van der Waals surface area contributed by atoms with Crippen molar-refractivity contribution in [1.29, 1.82) is 0 Å². The normalized spacial score (nSPS) is 15.2. The van der Waals surface area contributed by atoms with Crippen LogP contribution in [0.4, 0.5) is 10.5 Å². The van der Waals surface area contributed by atoms with Crippen LogP contribution < -0.4 is 16.0 Å². The van der Waals surface area contributed by atoms with Crippen LogP contribution in [0.1, 0.15) is 25.5 Å². The van der Waals surface area contributed by atoms with Crippen molar-refractivity contribution in [1.82, 2.24) is 10.6 Å². The van der Waals surface area contributed by atoms with E-state index < -0.39 is 10.8 Å². The summed E-state index contributed by atoms with van der Waals surface area (Å²) in [5, 5.41) is 8.71. The Morgan fingerprint density at radius 3 is 2.65 bits per heavy atom. The summed E-state index contributed by atoms with van der Waals surface area (Å²) in [7, 11) is 0.972. The van der Waals surface area contributed by atoms with E-state index in [9.17, 15) is 9.00 Å². The fraction of sp³-hybridized carbons (Fsp3) is 0.500. The average molecular weight is 297 g/mol. The zero-order chi connectivity index (χ0) is 15.1. The molecule has 6 heteroatoms. The summed E-state index contributed by atoms with van der Waals surface area (Å²) in [6.45, 7) is 3.89. The van der Waals surface area contributed by atoms with Crippen molar-refractivity contribution in [2.45, 2.75) is 25.9 Å². The minimum atomic E-state index is -0.920. The van der Waals surface area contributed by atoms with E-state index >= 15 is 0 Å². The number of amides is 2. The molecule has 0 saturated heterocycles. The van der Waals surface area contributed by atoms with E-state index in [4.69, 9.17) is 0 Å². The summed E-state index contributed by atoms with van der Waals surface area (Å²) in [5.41, 5.74) is 1.85. The molecule has 3 unspecified atom stereocenters. The molecule has 3 atom stereocenters. The lowest BCUT2D eigenvalue weighted by Gasteiger charge is -2.15. The highest BCUT2D eigenvalue weighted by atomic mass is 32.2. The lowest BCUT2D eigenvalue weighted by Crippen LogP contribution is -2.39. The van der Waals surface area contributed by atoms with Gasteiger partial charge in [-0.1, -0.05) is 12.1 Å². The van der Waals surface area contributed by atoms with Crippen LogP contribution in [0.5, 0.6) is 0 Å². The molecule has 0 bridgehead atoms. The largest absolute Gasteiger partial charge is 0.334 e. The Balaban J connectivity index is 2.59. The molecule has 20 heavy (non-hydrogen) atoms. The van der Waals surface area contributed by atoms with Crippen molar-refractivity contribution in [2.75, 3.05) is 24.4 Å². The Labute approximate surface area is 123 Å². The van der Waals surface area contributed by atoms with Crippen LogP contribution in [0.2, 0.25) is 0 Å².